The van der Waals surface area contributed by atoms with Crippen molar-refractivity contribution < 1.29 is 48.2 Å². The number of ketones is 1. The highest BCUT2D eigenvalue weighted by Gasteiger charge is 2.38. The summed E-state index contributed by atoms with van der Waals surface area (Å²) in [5.74, 6) is -4.67. The lowest BCUT2D eigenvalue weighted by Gasteiger charge is -2.18. The Morgan fingerprint density at radius 2 is 1.78 bits per heavy atom. The Morgan fingerprint density at radius 3 is 2.39 bits per heavy atom. The second-order valence-corrected chi connectivity index (χ2v) is 12.4. The van der Waals surface area contributed by atoms with Crippen molar-refractivity contribution >= 4 is 76.3 Å². The molecule has 1 aromatic carbocycles. The third-order valence-electron chi connectivity index (χ3n) is 7.75. The van der Waals surface area contributed by atoms with Crippen molar-refractivity contribution in [1.82, 2.24) is 30.2 Å². The van der Waals surface area contributed by atoms with Crippen molar-refractivity contribution in [2.24, 2.45) is 5.92 Å². The van der Waals surface area contributed by atoms with Gasteiger partial charge in [0.2, 0.25) is 23.7 Å². The van der Waals surface area contributed by atoms with E-state index in [1.165, 1.54) is 0 Å². The number of amides is 3. The van der Waals surface area contributed by atoms with Crippen LogP contribution in [0.5, 0.6) is 0 Å². The van der Waals surface area contributed by atoms with Crippen LogP contribution >= 0.6 is 11.8 Å². The van der Waals surface area contributed by atoms with E-state index in [9.17, 15) is 33.9 Å². The van der Waals surface area contributed by atoms with Crippen LogP contribution in [0.1, 0.15) is 54.2 Å². The van der Waals surface area contributed by atoms with E-state index in [-0.39, 0.29) is 67.7 Å². The van der Waals surface area contributed by atoms with Gasteiger partial charge in [-0.05, 0) is 31.7 Å². The number of ether oxygens (including phenoxy) is 1. The predicted molar refractivity (Wildman–Crippen MR) is 179 cm³/mol. The number of rotatable bonds is 16. The Kier molecular flexibility index (Phi) is 14.6. The maximum atomic E-state index is 13.0. The molecule has 1 unspecified atom stereocenters. The number of imide groups is 1. The summed E-state index contributed by atoms with van der Waals surface area (Å²) in [6.45, 7) is 1.93. The molecule has 0 bridgehead atoms. The molecule has 270 valence electrons. The van der Waals surface area contributed by atoms with Gasteiger partial charge in [0.15, 0.2) is 22.8 Å². The molecule has 3 atom stereocenters. The minimum absolute atomic E-state index is 0.000582. The van der Waals surface area contributed by atoms with E-state index >= 15 is 0 Å². The van der Waals surface area contributed by atoms with Crippen molar-refractivity contribution in [1.29, 1.82) is 0 Å². The summed E-state index contributed by atoms with van der Waals surface area (Å²) < 4.78 is 4.77. The highest BCUT2D eigenvalue weighted by atomic mass is 32.2. The second kappa shape index (κ2) is 18.8. The van der Waals surface area contributed by atoms with Crippen molar-refractivity contribution in [3.8, 4) is 0 Å². The van der Waals surface area contributed by atoms with Crippen LogP contribution in [0, 0.1) is 5.92 Å². The molecule has 18 nitrogen and oxygen atoms in total. The Hall–Kier alpha value is -5.81. The number of aliphatic carboxylic acids is 1. The second-order valence-electron chi connectivity index (χ2n) is 11.1. The van der Waals surface area contributed by atoms with Gasteiger partial charge in [0.05, 0.1) is 30.2 Å². The number of hydrogen-bond donors (Lipinski definition) is 4. The Bertz CT molecular complexity index is 1820. The fraction of sp³-hybridized carbons (Fsp3) is 0.406. The van der Waals surface area contributed by atoms with Gasteiger partial charge in [-0.3, -0.25) is 28.9 Å². The summed E-state index contributed by atoms with van der Waals surface area (Å²) in [4.78, 5) is 108. The Morgan fingerprint density at radius 1 is 1.10 bits per heavy atom. The first-order valence-electron chi connectivity index (χ1n) is 15.5. The van der Waals surface area contributed by atoms with Crippen molar-refractivity contribution in [2.75, 3.05) is 30.9 Å². The van der Waals surface area contributed by atoms with E-state index in [0.717, 1.165) is 29.3 Å². The number of nitrogens with zero attached hydrogens (tertiary/aromatic N) is 5. The highest BCUT2D eigenvalue weighted by Crippen LogP contribution is 2.26. The summed E-state index contributed by atoms with van der Waals surface area (Å²) >= 11 is 1.06. The molecule has 0 aliphatic carbocycles. The largest absolute Gasteiger partial charge is 0.481 e. The number of anilines is 2. The van der Waals surface area contributed by atoms with Crippen LogP contribution in [0.25, 0.3) is 11.2 Å². The number of carboxylic acid groups (broad SMARTS) is 1. The third kappa shape index (κ3) is 11.1. The normalized spacial score (nSPS) is 14.9. The maximum Gasteiger partial charge on any atom is 0.373 e. The van der Waals surface area contributed by atoms with Gasteiger partial charge < -0.3 is 26.6 Å². The van der Waals surface area contributed by atoms with Gasteiger partial charge in [0.1, 0.15) is 6.04 Å². The number of thioether (sulfide) groups is 1. The van der Waals surface area contributed by atoms with Crippen LogP contribution in [0.2, 0.25) is 0 Å². The zero-order valence-corrected chi connectivity index (χ0v) is 28.5. The molecule has 1 fully saturated rings. The first-order valence-corrected chi connectivity index (χ1v) is 16.6. The minimum atomic E-state index is -1.23. The number of aryl methyl sites for hydroxylation is 2. The van der Waals surface area contributed by atoms with Crippen LogP contribution in [0.4, 0.5) is 11.8 Å². The van der Waals surface area contributed by atoms with E-state index in [1.807, 2.05) is 0 Å². The van der Waals surface area contributed by atoms with Gasteiger partial charge >= 0.3 is 18.1 Å². The van der Waals surface area contributed by atoms with E-state index in [0.29, 0.717) is 35.3 Å². The Labute approximate surface area is 295 Å². The quantitative estimate of drug-likeness (QED) is 0.0882. The highest BCUT2D eigenvalue weighted by molar-refractivity contribution is 8.00. The lowest BCUT2D eigenvalue weighted by molar-refractivity contribution is -0.191. The SMILES string of the molecule is CCN1C(=O)CC(SC[C@H](NC(=O)CC[C@H](CC(=O)c2ccc(CCc3cnc4nc(N)nc(N)c4n3)cc2)C(=O)O)C(=O)OC)C1=O.O=C=O. The average Bonchev–Trinajstić information content (AvgIpc) is 3.38. The first-order chi connectivity index (χ1) is 24.3. The van der Waals surface area contributed by atoms with Gasteiger partial charge in [0, 0.05) is 37.1 Å². The molecule has 0 radical (unpaired) electrons. The number of likely N-dealkylation sites (tertiary alicyclic amines) is 1. The summed E-state index contributed by atoms with van der Waals surface area (Å²) in [6.07, 6.45) is 2.18. The lowest BCUT2D eigenvalue weighted by Crippen LogP contribution is -2.44. The fourth-order valence-corrected chi connectivity index (χ4v) is 6.27. The number of fused-ring (bicyclic) bond motifs is 1. The first kappa shape index (κ1) is 39.6. The maximum absolute atomic E-state index is 13.0. The smallest absolute Gasteiger partial charge is 0.373 e. The number of esters is 1. The molecule has 1 aliphatic rings. The van der Waals surface area contributed by atoms with Gasteiger partial charge in [-0.15, -0.1) is 11.8 Å². The fourth-order valence-electron chi connectivity index (χ4n) is 5.10. The zero-order chi connectivity index (χ0) is 37.7. The molecule has 2 aromatic heterocycles. The number of nitrogen functional groups attached to an aromatic ring is 2. The van der Waals surface area contributed by atoms with Crippen LogP contribution in [0.15, 0.2) is 30.5 Å². The molecule has 3 heterocycles. The molecule has 4 rings (SSSR count). The number of Topliss-reactive ketones (excluding diaryl/α,β-unsaturated/α-hetero) is 1. The van der Waals surface area contributed by atoms with Crippen LogP contribution < -0.4 is 16.8 Å². The molecule has 0 spiro atoms. The van der Waals surface area contributed by atoms with E-state index in [2.05, 4.69) is 25.3 Å². The molecule has 6 N–H and O–H groups in total. The van der Waals surface area contributed by atoms with Crippen LogP contribution in [-0.2, 0) is 51.1 Å². The van der Waals surface area contributed by atoms with Gasteiger partial charge in [0.25, 0.3) is 0 Å². The summed E-state index contributed by atoms with van der Waals surface area (Å²) in [6, 6.07) is 5.65. The zero-order valence-electron chi connectivity index (χ0n) is 27.7. The molecule has 3 amide bonds. The molecule has 19 heteroatoms. The van der Waals surface area contributed by atoms with Crippen molar-refractivity contribution in [3.63, 3.8) is 0 Å². The number of carbonyl (C=O) groups is 6. The standard InChI is InChI=1S/C31H36N8O8S.CO2/c1-3-39-24(42)13-22(28(39)43)48-15-20(30(46)47-2)36-23(41)11-9-18(29(44)45)12-21(40)17-7-4-16(5-8-17)6-10-19-14-34-27-25(35-19)26(32)37-31(33)38-27;2-1-3/h4-5,7-8,14,18,20,22H,3,6,9-13,15H2,1-2H3,(H,36,41)(H,44,45)(H4,32,33,34,37,38);/t18-,20+,22?;/m1./s1. The van der Waals surface area contributed by atoms with E-state index < -0.39 is 40.8 Å². The topological polar surface area (TPSA) is 285 Å². The summed E-state index contributed by atoms with van der Waals surface area (Å²) in [7, 11) is 1.15. The molecule has 51 heavy (non-hydrogen) atoms. The summed E-state index contributed by atoms with van der Waals surface area (Å²) in [5, 5.41) is 11.6. The van der Waals surface area contributed by atoms with Gasteiger partial charge in [-0.25, -0.2) is 14.8 Å². The molecule has 1 saturated heterocycles. The van der Waals surface area contributed by atoms with E-state index in [4.69, 9.17) is 25.8 Å². The number of hydrogen-bond acceptors (Lipinski definition) is 16. The molecule has 0 saturated carbocycles. The predicted octanol–water partition coefficient (Wildman–Crippen LogP) is 0.378. The molecule has 1 aliphatic heterocycles. The molecular formula is C32H36N8O10S. The number of methoxy groups -OCH3 is 1. The number of carbonyl (C=O) groups excluding carboxylic acids is 7. The Balaban J connectivity index is 0.00000226. The van der Waals surface area contributed by atoms with Crippen LogP contribution in [0.3, 0.4) is 0 Å². The van der Waals surface area contributed by atoms with Gasteiger partial charge in [-0.2, -0.15) is 19.6 Å². The number of nitrogens with one attached hydrogen (secondary N) is 1. The molecule has 3 aromatic rings. The number of carboxylic acids is 1. The number of benzene rings is 1. The number of nitrogens with two attached hydrogens (primary N) is 2. The average molecular weight is 725 g/mol. The van der Waals surface area contributed by atoms with Crippen LogP contribution in [-0.4, -0.2) is 102 Å². The molecular weight excluding hydrogens is 688 g/mol. The number of aromatic nitrogens is 4. The van der Waals surface area contributed by atoms with E-state index in [1.54, 1.807) is 37.4 Å². The summed E-state index contributed by atoms with van der Waals surface area (Å²) in [5.41, 5.74) is 14.0. The van der Waals surface area contributed by atoms with Gasteiger partial charge in [-0.1, -0.05) is 24.3 Å². The lowest BCUT2D eigenvalue weighted by atomic mass is 9.93. The van der Waals surface area contributed by atoms with Crippen molar-refractivity contribution in [2.45, 2.75) is 56.7 Å². The monoisotopic (exact) mass is 724 g/mol. The third-order valence-corrected chi connectivity index (χ3v) is 9.05. The van der Waals surface area contributed by atoms with Crippen molar-refractivity contribution in [3.05, 3.63) is 47.3 Å². The minimum Gasteiger partial charge on any atom is -0.481 e.